The Bertz CT molecular complexity index is 887. The van der Waals surface area contributed by atoms with E-state index < -0.39 is 11.6 Å². The zero-order valence-corrected chi connectivity index (χ0v) is 20.4. The molecule has 7 heteroatoms. The summed E-state index contributed by atoms with van der Waals surface area (Å²) in [6.45, 7) is 13.7. The Morgan fingerprint density at radius 1 is 1.12 bits per heavy atom. The number of urea groups is 1. The number of amides is 4. The maximum atomic E-state index is 13.3. The molecule has 0 saturated carbocycles. The summed E-state index contributed by atoms with van der Waals surface area (Å²) in [6, 6.07) is 3.46. The van der Waals surface area contributed by atoms with Gasteiger partial charge in [0.1, 0.15) is 11.6 Å². The van der Waals surface area contributed by atoms with E-state index in [1.807, 2.05) is 31.7 Å². The number of likely N-dealkylation sites (tertiary alicyclic amines) is 1. The van der Waals surface area contributed by atoms with Gasteiger partial charge < -0.3 is 20.4 Å². The van der Waals surface area contributed by atoms with Gasteiger partial charge in [0, 0.05) is 25.3 Å². The van der Waals surface area contributed by atoms with Gasteiger partial charge in [-0.05, 0) is 75.1 Å². The molecule has 0 bridgehead atoms. The van der Waals surface area contributed by atoms with Gasteiger partial charge in [-0.1, -0.05) is 26.8 Å². The number of carbonyl (C=O) groups excluding carboxylic acids is 3. The molecule has 1 spiro atoms. The Morgan fingerprint density at radius 3 is 2.34 bits per heavy atom. The average Bonchev–Trinajstić information content (AvgIpc) is 2.73. The van der Waals surface area contributed by atoms with Crippen LogP contribution in [0.3, 0.4) is 0 Å². The summed E-state index contributed by atoms with van der Waals surface area (Å²) in [6.07, 6.45) is 2.35. The van der Waals surface area contributed by atoms with Crippen molar-refractivity contribution in [1.82, 2.24) is 15.1 Å². The molecule has 0 aliphatic carbocycles. The second-order valence-electron chi connectivity index (χ2n) is 9.85. The third-order valence-corrected chi connectivity index (χ3v) is 6.92. The molecule has 2 fully saturated rings. The molecule has 4 amide bonds. The van der Waals surface area contributed by atoms with Crippen molar-refractivity contribution in [2.75, 3.05) is 25.0 Å². The summed E-state index contributed by atoms with van der Waals surface area (Å²) in [7, 11) is 0. The van der Waals surface area contributed by atoms with E-state index in [4.69, 9.17) is 0 Å². The van der Waals surface area contributed by atoms with Crippen LogP contribution in [-0.2, 0) is 9.59 Å². The minimum atomic E-state index is -0.853. The highest BCUT2D eigenvalue weighted by Gasteiger charge is 2.53. The number of carbonyl (C=O) groups is 3. The van der Waals surface area contributed by atoms with Crippen LogP contribution in [0.15, 0.2) is 12.1 Å². The first-order chi connectivity index (χ1) is 15.1. The maximum absolute atomic E-state index is 13.3. The fourth-order valence-electron chi connectivity index (χ4n) is 4.92. The van der Waals surface area contributed by atoms with Crippen molar-refractivity contribution >= 4 is 23.5 Å². The lowest BCUT2D eigenvalue weighted by molar-refractivity contribution is -0.161. The van der Waals surface area contributed by atoms with E-state index in [1.165, 1.54) is 5.56 Å². The van der Waals surface area contributed by atoms with Gasteiger partial charge >= 0.3 is 6.03 Å². The Balaban J connectivity index is 1.72. The van der Waals surface area contributed by atoms with Crippen molar-refractivity contribution in [3.8, 4) is 0 Å². The van der Waals surface area contributed by atoms with E-state index in [-0.39, 0.29) is 17.8 Å². The largest absolute Gasteiger partial charge is 0.342 e. The minimum Gasteiger partial charge on any atom is -0.342 e. The predicted molar refractivity (Wildman–Crippen MR) is 127 cm³/mol. The molecule has 176 valence electrons. The van der Waals surface area contributed by atoms with Crippen LogP contribution in [0.25, 0.3) is 0 Å². The molecule has 1 unspecified atom stereocenters. The summed E-state index contributed by atoms with van der Waals surface area (Å²) >= 11 is 0. The van der Waals surface area contributed by atoms with Gasteiger partial charge in [-0.15, -0.1) is 0 Å². The minimum absolute atomic E-state index is 0.0174. The molecule has 2 saturated heterocycles. The molecular weight excluding hydrogens is 404 g/mol. The first-order valence-electron chi connectivity index (χ1n) is 11.8. The van der Waals surface area contributed by atoms with Crippen LogP contribution in [0, 0.1) is 26.7 Å². The fraction of sp³-hybridized carbons (Fsp3) is 0.640. The molecule has 32 heavy (non-hydrogen) atoms. The number of nitrogens with one attached hydrogen (secondary N) is 2. The lowest BCUT2D eigenvalue weighted by Crippen LogP contribution is -2.73. The summed E-state index contributed by atoms with van der Waals surface area (Å²) in [5.74, 6) is 0.270. The lowest BCUT2D eigenvalue weighted by atomic mass is 9.81. The van der Waals surface area contributed by atoms with Crippen LogP contribution in [0.4, 0.5) is 10.5 Å². The van der Waals surface area contributed by atoms with E-state index in [0.29, 0.717) is 44.8 Å². The monoisotopic (exact) mass is 442 g/mol. The SMILES string of the molecule is CCCN1C(=O)C(CC(C)C)NC(=O)C12CCN(C(=O)Nc1cc(C)c(C)cc1C)CC2. The number of piperidine rings is 1. The second kappa shape index (κ2) is 9.51. The first-order valence-corrected chi connectivity index (χ1v) is 11.8. The fourth-order valence-corrected chi connectivity index (χ4v) is 4.92. The van der Waals surface area contributed by atoms with Gasteiger partial charge in [0.05, 0.1) is 0 Å². The summed E-state index contributed by atoms with van der Waals surface area (Å²) < 4.78 is 0. The zero-order chi connectivity index (χ0) is 23.6. The number of hydrogen-bond donors (Lipinski definition) is 2. The summed E-state index contributed by atoms with van der Waals surface area (Å²) in [5, 5.41) is 6.03. The van der Waals surface area contributed by atoms with Crippen LogP contribution in [-0.4, -0.2) is 58.9 Å². The van der Waals surface area contributed by atoms with E-state index >= 15 is 0 Å². The quantitative estimate of drug-likeness (QED) is 0.728. The molecule has 0 aromatic heterocycles. The Kier molecular flexibility index (Phi) is 7.16. The third-order valence-electron chi connectivity index (χ3n) is 6.92. The van der Waals surface area contributed by atoms with Crippen LogP contribution >= 0.6 is 0 Å². The Labute approximate surface area is 191 Å². The molecule has 2 N–H and O–H groups in total. The first kappa shape index (κ1) is 24.1. The van der Waals surface area contributed by atoms with E-state index in [9.17, 15) is 14.4 Å². The number of benzene rings is 1. The lowest BCUT2D eigenvalue weighted by Gasteiger charge is -2.51. The topological polar surface area (TPSA) is 81.8 Å². The standard InChI is InChI=1S/C25H38N4O3/c1-7-10-29-22(30)21(13-16(2)3)26-23(31)25(29)8-11-28(12-9-25)24(32)27-20-15-18(5)17(4)14-19(20)6/h14-16,21H,7-13H2,1-6H3,(H,26,31)(H,27,32). The van der Waals surface area contributed by atoms with Gasteiger partial charge in [-0.2, -0.15) is 0 Å². The normalized spacial score (nSPS) is 20.7. The average molecular weight is 443 g/mol. The van der Waals surface area contributed by atoms with Crippen molar-refractivity contribution in [2.24, 2.45) is 5.92 Å². The molecule has 1 aromatic carbocycles. The highest BCUT2D eigenvalue weighted by atomic mass is 16.2. The number of nitrogens with zero attached hydrogens (tertiary/aromatic N) is 2. The molecule has 7 nitrogen and oxygen atoms in total. The maximum Gasteiger partial charge on any atom is 0.321 e. The smallest absolute Gasteiger partial charge is 0.321 e. The van der Waals surface area contributed by atoms with Gasteiger partial charge in [0.25, 0.3) is 0 Å². The van der Waals surface area contributed by atoms with Crippen LogP contribution < -0.4 is 10.6 Å². The van der Waals surface area contributed by atoms with Crippen molar-refractivity contribution in [3.63, 3.8) is 0 Å². The van der Waals surface area contributed by atoms with Crippen LogP contribution in [0.2, 0.25) is 0 Å². The van der Waals surface area contributed by atoms with Gasteiger partial charge in [-0.25, -0.2) is 4.79 Å². The van der Waals surface area contributed by atoms with E-state index in [1.54, 1.807) is 4.90 Å². The predicted octanol–water partition coefficient (Wildman–Crippen LogP) is 3.76. The summed E-state index contributed by atoms with van der Waals surface area (Å²) in [5.41, 5.74) is 3.31. The number of aryl methyl sites for hydroxylation is 3. The van der Waals surface area contributed by atoms with Gasteiger partial charge in [0.2, 0.25) is 11.8 Å². The number of piperazine rings is 1. The second-order valence-corrected chi connectivity index (χ2v) is 9.85. The molecule has 0 radical (unpaired) electrons. The van der Waals surface area contributed by atoms with Crippen molar-refractivity contribution in [1.29, 1.82) is 0 Å². The molecule has 2 aliphatic rings. The van der Waals surface area contributed by atoms with Crippen LogP contribution in [0.5, 0.6) is 0 Å². The molecule has 1 aromatic rings. The van der Waals surface area contributed by atoms with Crippen LogP contribution in [0.1, 0.15) is 63.1 Å². The van der Waals surface area contributed by atoms with Crippen molar-refractivity contribution in [3.05, 3.63) is 28.8 Å². The highest BCUT2D eigenvalue weighted by Crippen LogP contribution is 2.34. The van der Waals surface area contributed by atoms with E-state index in [2.05, 4.69) is 37.5 Å². The Morgan fingerprint density at radius 2 is 1.75 bits per heavy atom. The van der Waals surface area contributed by atoms with Crippen molar-refractivity contribution < 1.29 is 14.4 Å². The number of rotatable bonds is 5. The molecule has 3 rings (SSSR count). The zero-order valence-electron chi connectivity index (χ0n) is 20.4. The number of hydrogen-bond acceptors (Lipinski definition) is 3. The highest BCUT2D eigenvalue weighted by molar-refractivity contribution is 6.00. The molecular formula is C25H38N4O3. The van der Waals surface area contributed by atoms with Gasteiger partial charge in [-0.3, -0.25) is 9.59 Å². The molecule has 2 heterocycles. The van der Waals surface area contributed by atoms with Crippen molar-refractivity contribution in [2.45, 2.75) is 78.8 Å². The number of anilines is 1. The molecule has 1 atom stereocenters. The van der Waals surface area contributed by atoms with E-state index in [0.717, 1.165) is 23.2 Å². The molecule has 2 aliphatic heterocycles. The third kappa shape index (κ3) is 4.62. The summed E-state index contributed by atoms with van der Waals surface area (Å²) in [4.78, 5) is 43.0. The van der Waals surface area contributed by atoms with Gasteiger partial charge in [0.15, 0.2) is 0 Å². The Hall–Kier alpha value is -2.57.